The van der Waals surface area contributed by atoms with Crippen LogP contribution in [0.2, 0.25) is 0 Å². The number of piperazine rings is 1. The van der Waals surface area contributed by atoms with Crippen molar-refractivity contribution in [1.29, 1.82) is 0 Å². The molecule has 1 saturated heterocycles. The summed E-state index contributed by atoms with van der Waals surface area (Å²) < 4.78 is 0. The first kappa shape index (κ1) is 16.1. The fourth-order valence-electron chi connectivity index (χ4n) is 2.83. The number of aromatic nitrogens is 2. The van der Waals surface area contributed by atoms with Crippen molar-refractivity contribution in [1.82, 2.24) is 9.97 Å². The highest BCUT2D eigenvalue weighted by molar-refractivity contribution is 5.60. The van der Waals surface area contributed by atoms with Crippen LogP contribution < -0.4 is 9.80 Å². The third-order valence-electron chi connectivity index (χ3n) is 4.14. The van der Waals surface area contributed by atoms with Gasteiger partial charge >= 0.3 is 0 Å². The molecule has 1 aromatic heterocycles. The van der Waals surface area contributed by atoms with E-state index < -0.39 is 0 Å². The summed E-state index contributed by atoms with van der Waals surface area (Å²) in [6.07, 6.45) is 7.39. The van der Waals surface area contributed by atoms with Crippen LogP contribution in [0.3, 0.4) is 0 Å². The van der Waals surface area contributed by atoms with Crippen LogP contribution >= 0.6 is 0 Å². The Balaban J connectivity index is 1.53. The zero-order valence-electron chi connectivity index (χ0n) is 13.3. The van der Waals surface area contributed by atoms with Gasteiger partial charge in [-0.1, -0.05) is 12.1 Å². The van der Waals surface area contributed by atoms with Crippen molar-refractivity contribution in [3.05, 3.63) is 64.5 Å². The molecule has 2 heterocycles. The Morgan fingerprint density at radius 3 is 2.58 bits per heavy atom. The summed E-state index contributed by atoms with van der Waals surface area (Å²) in [5, 5.41) is 11.0. The number of para-hydroxylation sites is 1. The van der Waals surface area contributed by atoms with Gasteiger partial charge in [0, 0.05) is 18.5 Å². The second kappa shape index (κ2) is 7.65. The molecule has 0 spiro atoms. The van der Waals surface area contributed by atoms with Gasteiger partial charge in [-0.2, -0.15) is 0 Å². The van der Waals surface area contributed by atoms with Crippen molar-refractivity contribution in [2.75, 3.05) is 37.6 Å². The molecular weight excluding hydrogens is 306 g/mol. The van der Waals surface area contributed by atoms with Gasteiger partial charge in [0.25, 0.3) is 5.69 Å². The Bertz CT molecular complexity index is 712. The van der Waals surface area contributed by atoms with Crippen molar-refractivity contribution in [3.63, 3.8) is 0 Å². The molecule has 1 aromatic carbocycles. The highest BCUT2D eigenvalue weighted by Crippen LogP contribution is 2.18. The Morgan fingerprint density at radius 2 is 1.88 bits per heavy atom. The minimum absolute atomic E-state index is 0.148. The summed E-state index contributed by atoms with van der Waals surface area (Å²) in [6.45, 7) is 4.69. The highest BCUT2D eigenvalue weighted by Gasteiger charge is 2.20. The molecule has 3 rings (SSSR count). The van der Waals surface area contributed by atoms with Crippen LogP contribution in [0.15, 0.2) is 48.8 Å². The number of rotatable bonds is 5. The smallest absolute Gasteiger partial charge is 0.276 e. The summed E-state index contributed by atoms with van der Waals surface area (Å²) in [6, 6.07) is 8.63. The minimum Gasteiger partial charge on any atom is -0.330 e. The topological polar surface area (TPSA) is 76.6 Å². The lowest BCUT2D eigenvalue weighted by atomic mass is 10.1. The van der Waals surface area contributed by atoms with E-state index in [0.29, 0.717) is 5.56 Å². The van der Waals surface area contributed by atoms with Crippen LogP contribution in [0.1, 0.15) is 5.56 Å². The minimum atomic E-state index is -0.342. The van der Waals surface area contributed by atoms with Crippen LogP contribution in [-0.2, 0) is 0 Å². The molecule has 1 aliphatic heterocycles. The highest BCUT2D eigenvalue weighted by atomic mass is 16.6. The van der Waals surface area contributed by atoms with Crippen molar-refractivity contribution in [3.8, 4) is 0 Å². The summed E-state index contributed by atoms with van der Waals surface area (Å²) in [5.41, 5.74) is 0.799. The standard InChI is InChI=1S/C17H19N5O2/c23-22(24)16-7-2-1-5-15(16)6-3-10-20-11-13-21(14-12-20)17-18-8-4-9-19-17/h1-9H,10-14H2/p+1/b6-3+. The second-order valence-electron chi connectivity index (χ2n) is 5.71. The Labute approximate surface area is 140 Å². The molecule has 0 aliphatic carbocycles. The van der Waals surface area contributed by atoms with E-state index in [1.807, 2.05) is 24.3 Å². The maximum absolute atomic E-state index is 11.0. The number of nitro groups is 1. The first-order chi connectivity index (χ1) is 11.7. The van der Waals surface area contributed by atoms with E-state index in [4.69, 9.17) is 0 Å². The zero-order chi connectivity index (χ0) is 16.8. The number of hydrogen-bond donors (Lipinski definition) is 1. The average molecular weight is 326 g/mol. The van der Waals surface area contributed by atoms with Crippen LogP contribution in [0.5, 0.6) is 0 Å². The van der Waals surface area contributed by atoms with Gasteiger partial charge in [-0.15, -0.1) is 0 Å². The van der Waals surface area contributed by atoms with Crippen molar-refractivity contribution >= 4 is 17.7 Å². The number of nitrogens with one attached hydrogen (secondary N) is 1. The van der Waals surface area contributed by atoms with E-state index in [-0.39, 0.29) is 10.6 Å². The summed E-state index contributed by atoms with van der Waals surface area (Å²) in [7, 11) is 0. The van der Waals surface area contributed by atoms with Gasteiger partial charge in [0.1, 0.15) is 0 Å². The van der Waals surface area contributed by atoms with Gasteiger partial charge in [0.15, 0.2) is 0 Å². The van der Waals surface area contributed by atoms with Gasteiger partial charge in [-0.3, -0.25) is 10.1 Å². The SMILES string of the molecule is O=[N+]([O-])c1ccccc1/C=C/C[NH+]1CCN(c2ncccn2)CC1. The molecule has 0 amide bonds. The predicted molar refractivity (Wildman–Crippen MR) is 91.9 cm³/mol. The largest absolute Gasteiger partial charge is 0.330 e. The van der Waals surface area contributed by atoms with E-state index in [9.17, 15) is 10.1 Å². The van der Waals surface area contributed by atoms with Crippen LogP contribution in [0, 0.1) is 10.1 Å². The number of benzene rings is 1. The van der Waals surface area contributed by atoms with Crippen LogP contribution in [0.25, 0.3) is 6.08 Å². The zero-order valence-corrected chi connectivity index (χ0v) is 13.3. The van der Waals surface area contributed by atoms with E-state index in [0.717, 1.165) is 38.7 Å². The van der Waals surface area contributed by atoms with E-state index in [1.165, 1.54) is 11.0 Å². The molecule has 124 valence electrons. The molecular formula is C17H20N5O2+. The third-order valence-corrected chi connectivity index (χ3v) is 4.14. The third kappa shape index (κ3) is 3.94. The van der Waals surface area contributed by atoms with Gasteiger partial charge in [-0.05, 0) is 24.3 Å². The molecule has 7 nitrogen and oxygen atoms in total. The van der Waals surface area contributed by atoms with Crippen LogP contribution in [0.4, 0.5) is 11.6 Å². The molecule has 0 radical (unpaired) electrons. The Kier molecular flexibility index (Phi) is 5.12. The van der Waals surface area contributed by atoms with Gasteiger partial charge < -0.3 is 9.80 Å². The number of nitro benzene ring substituents is 1. The van der Waals surface area contributed by atoms with Crippen LogP contribution in [-0.4, -0.2) is 47.6 Å². The van der Waals surface area contributed by atoms with E-state index >= 15 is 0 Å². The molecule has 0 bridgehead atoms. The van der Waals surface area contributed by atoms with Crippen molar-refractivity contribution in [2.24, 2.45) is 0 Å². The Hall–Kier alpha value is -2.80. The molecule has 1 N–H and O–H groups in total. The maximum Gasteiger partial charge on any atom is 0.276 e. The summed E-state index contributed by atoms with van der Waals surface area (Å²) in [5.74, 6) is 0.784. The lowest BCUT2D eigenvalue weighted by molar-refractivity contribution is -0.894. The first-order valence-corrected chi connectivity index (χ1v) is 7.99. The fourth-order valence-corrected chi connectivity index (χ4v) is 2.83. The Morgan fingerprint density at radius 1 is 1.17 bits per heavy atom. The molecule has 1 aliphatic rings. The average Bonchev–Trinajstić information content (AvgIpc) is 2.63. The molecule has 24 heavy (non-hydrogen) atoms. The lowest BCUT2D eigenvalue weighted by Crippen LogP contribution is -3.14. The molecule has 0 unspecified atom stereocenters. The normalized spacial score (nSPS) is 15.8. The molecule has 7 heteroatoms. The summed E-state index contributed by atoms with van der Waals surface area (Å²) >= 11 is 0. The van der Waals surface area contributed by atoms with E-state index in [1.54, 1.807) is 24.5 Å². The van der Waals surface area contributed by atoms with Crippen molar-refractivity contribution < 1.29 is 9.82 Å². The molecule has 0 atom stereocenters. The van der Waals surface area contributed by atoms with Gasteiger partial charge in [0.2, 0.25) is 5.95 Å². The first-order valence-electron chi connectivity index (χ1n) is 7.99. The monoisotopic (exact) mass is 326 g/mol. The number of quaternary nitrogens is 1. The van der Waals surface area contributed by atoms with Crippen molar-refractivity contribution in [2.45, 2.75) is 0 Å². The number of anilines is 1. The molecule has 1 fully saturated rings. The number of hydrogen-bond acceptors (Lipinski definition) is 5. The number of nitrogens with zero attached hydrogens (tertiary/aromatic N) is 4. The van der Waals surface area contributed by atoms with Gasteiger partial charge in [0.05, 0.1) is 43.2 Å². The quantitative estimate of drug-likeness (QED) is 0.650. The second-order valence-corrected chi connectivity index (χ2v) is 5.71. The molecule has 0 saturated carbocycles. The predicted octanol–water partition coefficient (Wildman–Crippen LogP) is 0.803. The lowest BCUT2D eigenvalue weighted by Gasteiger charge is -2.31. The molecule has 2 aromatic rings. The maximum atomic E-state index is 11.0. The van der Waals surface area contributed by atoms with Gasteiger partial charge in [-0.25, -0.2) is 9.97 Å². The summed E-state index contributed by atoms with van der Waals surface area (Å²) in [4.78, 5) is 22.9. The fraction of sp³-hybridized carbons (Fsp3) is 0.294. The van der Waals surface area contributed by atoms with E-state index in [2.05, 4.69) is 14.9 Å².